The van der Waals surface area contributed by atoms with Crippen molar-refractivity contribution in [1.82, 2.24) is 10.2 Å². The lowest BCUT2D eigenvalue weighted by Crippen LogP contribution is -2.47. The van der Waals surface area contributed by atoms with Crippen LogP contribution < -0.4 is 5.32 Å². The van der Waals surface area contributed by atoms with Crippen molar-refractivity contribution in [3.63, 3.8) is 0 Å². The number of thiophene rings is 1. The molecule has 9 heteroatoms. The minimum absolute atomic E-state index is 0.130. The van der Waals surface area contributed by atoms with Crippen molar-refractivity contribution in [3.8, 4) is 0 Å². The maximum Gasteiger partial charge on any atom is 0.183 e. The summed E-state index contributed by atoms with van der Waals surface area (Å²) in [6, 6.07) is 10.5. The van der Waals surface area contributed by atoms with Crippen molar-refractivity contribution in [2.45, 2.75) is 54.8 Å². The zero-order valence-electron chi connectivity index (χ0n) is 18.4. The largest absolute Gasteiger partial charge is 0.310 e. The van der Waals surface area contributed by atoms with Gasteiger partial charge < -0.3 is 5.32 Å². The Hall–Kier alpha value is -1.26. The van der Waals surface area contributed by atoms with E-state index >= 15 is 0 Å². The minimum atomic E-state index is -3.76. The molecule has 1 N–H and O–H groups in total. The number of aryl methyl sites for hydroxylation is 1. The standard InChI is InChI=1S/C23H32N2O4S3/c1-2-18-8-10-19(11-9-18)32(28,29)23-17-31(26,27)16-20(23)24-15-21(22-7-6-14-30-22)25-12-4-3-5-13-25/h6-11,14,20-21,23-24H,2-5,12-13,15-17H2,1H3/t20-,21?,23-/m0/s1. The lowest BCUT2D eigenvalue weighted by molar-refractivity contribution is 0.160. The topological polar surface area (TPSA) is 83.5 Å². The Labute approximate surface area is 195 Å². The Morgan fingerprint density at radius 2 is 1.81 bits per heavy atom. The number of rotatable bonds is 8. The first-order valence-electron chi connectivity index (χ1n) is 11.3. The maximum atomic E-state index is 13.4. The molecule has 176 valence electrons. The highest BCUT2D eigenvalue weighted by Gasteiger charge is 2.46. The number of hydrogen-bond acceptors (Lipinski definition) is 7. The molecule has 1 aromatic heterocycles. The Morgan fingerprint density at radius 3 is 2.44 bits per heavy atom. The molecule has 32 heavy (non-hydrogen) atoms. The van der Waals surface area contributed by atoms with Gasteiger partial charge in [0.1, 0.15) is 0 Å². The van der Waals surface area contributed by atoms with Gasteiger partial charge in [-0.1, -0.05) is 31.5 Å². The second-order valence-electron chi connectivity index (χ2n) is 8.80. The first-order chi connectivity index (χ1) is 15.3. The third-order valence-corrected chi connectivity index (χ3v) is 11.8. The van der Waals surface area contributed by atoms with Gasteiger partial charge in [-0.2, -0.15) is 0 Å². The number of hydrogen-bond donors (Lipinski definition) is 1. The van der Waals surface area contributed by atoms with Crippen LogP contribution in [0.5, 0.6) is 0 Å². The molecule has 0 aliphatic carbocycles. The number of nitrogens with one attached hydrogen (secondary N) is 1. The normalized spacial score (nSPS) is 25.0. The van der Waals surface area contributed by atoms with Gasteiger partial charge >= 0.3 is 0 Å². The highest BCUT2D eigenvalue weighted by molar-refractivity contribution is 7.96. The van der Waals surface area contributed by atoms with E-state index in [0.717, 1.165) is 37.9 Å². The molecule has 0 saturated carbocycles. The van der Waals surface area contributed by atoms with Crippen molar-refractivity contribution in [3.05, 3.63) is 52.2 Å². The number of sulfone groups is 2. The van der Waals surface area contributed by atoms with Crippen LogP contribution in [0.15, 0.2) is 46.7 Å². The van der Waals surface area contributed by atoms with Crippen LogP contribution in [0.1, 0.15) is 42.7 Å². The molecule has 2 aliphatic rings. The molecule has 2 fully saturated rings. The van der Waals surface area contributed by atoms with E-state index in [1.807, 2.05) is 25.1 Å². The van der Waals surface area contributed by atoms with E-state index in [9.17, 15) is 16.8 Å². The maximum absolute atomic E-state index is 13.4. The van der Waals surface area contributed by atoms with Gasteiger partial charge in [0, 0.05) is 17.5 Å². The highest BCUT2D eigenvalue weighted by atomic mass is 32.2. The smallest absolute Gasteiger partial charge is 0.183 e. The molecular weight excluding hydrogens is 464 g/mol. The van der Waals surface area contributed by atoms with Crippen LogP contribution in [-0.2, 0) is 26.1 Å². The minimum Gasteiger partial charge on any atom is -0.310 e. The van der Waals surface area contributed by atoms with Crippen molar-refractivity contribution in [2.24, 2.45) is 0 Å². The van der Waals surface area contributed by atoms with Gasteiger partial charge in [0.2, 0.25) is 0 Å². The Morgan fingerprint density at radius 1 is 1.09 bits per heavy atom. The van der Waals surface area contributed by atoms with E-state index < -0.39 is 31.0 Å². The van der Waals surface area contributed by atoms with Gasteiger partial charge in [-0.25, -0.2) is 16.8 Å². The predicted octanol–water partition coefficient (Wildman–Crippen LogP) is 3.07. The van der Waals surface area contributed by atoms with E-state index in [4.69, 9.17) is 0 Å². The summed E-state index contributed by atoms with van der Waals surface area (Å²) >= 11 is 1.70. The molecule has 6 nitrogen and oxygen atoms in total. The third kappa shape index (κ3) is 5.28. The van der Waals surface area contributed by atoms with E-state index in [1.54, 1.807) is 23.5 Å². The molecule has 0 bridgehead atoms. The van der Waals surface area contributed by atoms with Gasteiger partial charge in [0.15, 0.2) is 19.7 Å². The summed E-state index contributed by atoms with van der Waals surface area (Å²) in [5.74, 6) is -0.461. The Balaban J connectivity index is 1.55. The average molecular weight is 497 g/mol. The average Bonchev–Trinajstić information content (AvgIpc) is 3.43. The van der Waals surface area contributed by atoms with Crippen LogP contribution in [0, 0.1) is 0 Å². The quantitative estimate of drug-likeness (QED) is 0.605. The van der Waals surface area contributed by atoms with Crippen molar-refractivity contribution < 1.29 is 16.8 Å². The first-order valence-corrected chi connectivity index (χ1v) is 15.6. The molecule has 3 heterocycles. The van der Waals surface area contributed by atoms with Crippen LogP contribution >= 0.6 is 11.3 Å². The van der Waals surface area contributed by atoms with Crippen LogP contribution in [0.4, 0.5) is 0 Å². The molecule has 3 atom stereocenters. The second-order valence-corrected chi connectivity index (χ2v) is 14.1. The zero-order chi connectivity index (χ0) is 22.8. The predicted molar refractivity (Wildman–Crippen MR) is 130 cm³/mol. The number of nitrogens with zero attached hydrogens (tertiary/aromatic N) is 1. The molecule has 0 amide bonds. The van der Waals surface area contributed by atoms with Gasteiger partial charge in [0.25, 0.3) is 0 Å². The van der Waals surface area contributed by atoms with Crippen molar-refractivity contribution in [1.29, 1.82) is 0 Å². The van der Waals surface area contributed by atoms with Gasteiger partial charge in [-0.3, -0.25) is 4.90 Å². The number of likely N-dealkylation sites (tertiary alicyclic amines) is 1. The molecule has 1 aromatic carbocycles. The first kappa shape index (κ1) is 23.9. The molecule has 0 spiro atoms. The van der Waals surface area contributed by atoms with Crippen LogP contribution in [0.3, 0.4) is 0 Å². The Bertz CT molecular complexity index is 1090. The third-order valence-electron chi connectivity index (χ3n) is 6.64. The zero-order valence-corrected chi connectivity index (χ0v) is 20.9. The van der Waals surface area contributed by atoms with Crippen molar-refractivity contribution >= 4 is 31.0 Å². The monoisotopic (exact) mass is 496 g/mol. The molecule has 0 radical (unpaired) electrons. The summed E-state index contributed by atoms with van der Waals surface area (Å²) < 4.78 is 51.8. The fourth-order valence-corrected chi connectivity index (χ4v) is 10.4. The number of piperidine rings is 1. The van der Waals surface area contributed by atoms with E-state index in [0.29, 0.717) is 6.54 Å². The lowest BCUT2D eigenvalue weighted by atomic mass is 10.1. The van der Waals surface area contributed by atoms with E-state index in [-0.39, 0.29) is 22.4 Å². The summed E-state index contributed by atoms with van der Waals surface area (Å²) in [4.78, 5) is 3.88. The molecule has 2 aliphatic heterocycles. The fourth-order valence-electron chi connectivity index (χ4n) is 4.78. The summed E-state index contributed by atoms with van der Waals surface area (Å²) in [6.45, 7) is 4.58. The molecule has 4 rings (SSSR count). The SMILES string of the molecule is CCc1ccc(S(=O)(=O)[C@H]2CS(=O)(=O)C[C@@H]2NCC(c2cccs2)N2CCCCC2)cc1. The van der Waals surface area contributed by atoms with Gasteiger partial charge in [0.05, 0.1) is 27.7 Å². The lowest BCUT2D eigenvalue weighted by Gasteiger charge is -2.35. The fraction of sp³-hybridized carbons (Fsp3) is 0.565. The van der Waals surface area contributed by atoms with Gasteiger partial charge in [-0.05, 0) is 61.5 Å². The second kappa shape index (κ2) is 9.93. The van der Waals surface area contributed by atoms with E-state index in [1.165, 1.54) is 11.3 Å². The van der Waals surface area contributed by atoms with Crippen LogP contribution in [-0.4, -0.2) is 64.2 Å². The molecule has 1 unspecified atom stereocenters. The molecule has 2 saturated heterocycles. The van der Waals surface area contributed by atoms with Crippen LogP contribution in [0.2, 0.25) is 0 Å². The van der Waals surface area contributed by atoms with Crippen molar-refractivity contribution in [2.75, 3.05) is 31.1 Å². The summed E-state index contributed by atoms with van der Waals surface area (Å²) in [7, 11) is -7.19. The summed E-state index contributed by atoms with van der Waals surface area (Å²) in [5, 5.41) is 4.47. The summed E-state index contributed by atoms with van der Waals surface area (Å²) in [6.07, 6.45) is 4.37. The van der Waals surface area contributed by atoms with Crippen LogP contribution in [0.25, 0.3) is 0 Å². The Kier molecular flexibility index (Phi) is 7.41. The number of benzene rings is 1. The van der Waals surface area contributed by atoms with Gasteiger partial charge in [-0.15, -0.1) is 11.3 Å². The molecular formula is C23H32N2O4S3. The van der Waals surface area contributed by atoms with E-state index in [2.05, 4.69) is 21.7 Å². The summed E-state index contributed by atoms with van der Waals surface area (Å²) in [5.41, 5.74) is 1.05. The molecule has 2 aromatic rings. The highest BCUT2D eigenvalue weighted by Crippen LogP contribution is 2.30.